The molecule has 0 aliphatic carbocycles. The molecule has 0 saturated heterocycles. The van der Waals surface area contributed by atoms with E-state index in [1.165, 1.54) is 0 Å². The highest BCUT2D eigenvalue weighted by atomic mass is 16.7. The van der Waals surface area contributed by atoms with E-state index in [9.17, 15) is 4.79 Å². The van der Waals surface area contributed by atoms with Gasteiger partial charge in [-0.1, -0.05) is 18.2 Å². The van der Waals surface area contributed by atoms with Gasteiger partial charge in [0.1, 0.15) is 5.82 Å². The van der Waals surface area contributed by atoms with Gasteiger partial charge in [0.25, 0.3) is 5.91 Å². The van der Waals surface area contributed by atoms with Crippen LogP contribution in [0, 0.1) is 13.8 Å². The Morgan fingerprint density at radius 2 is 1.86 bits per heavy atom. The summed E-state index contributed by atoms with van der Waals surface area (Å²) in [6.07, 6.45) is 0. The highest BCUT2D eigenvalue weighted by molar-refractivity contribution is 6.03. The van der Waals surface area contributed by atoms with Crippen molar-refractivity contribution in [3.63, 3.8) is 0 Å². The van der Waals surface area contributed by atoms with E-state index in [0.717, 1.165) is 33.9 Å². The molecule has 1 aliphatic rings. The molecule has 4 rings (SSSR count). The van der Waals surface area contributed by atoms with Crippen molar-refractivity contribution in [2.45, 2.75) is 20.4 Å². The maximum atomic E-state index is 12.4. The number of aryl methyl sites for hydroxylation is 2. The molecule has 0 radical (unpaired) electrons. The second-order valence-electron chi connectivity index (χ2n) is 6.62. The second kappa shape index (κ2) is 7.56. The van der Waals surface area contributed by atoms with Crippen LogP contribution in [0.1, 0.15) is 27.2 Å². The van der Waals surface area contributed by atoms with Gasteiger partial charge in [0.15, 0.2) is 17.2 Å². The lowest BCUT2D eigenvalue weighted by molar-refractivity contribution is 0.102. The molecule has 28 heavy (non-hydrogen) atoms. The fourth-order valence-electron chi connectivity index (χ4n) is 2.85. The van der Waals surface area contributed by atoms with E-state index in [1.807, 2.05) is 50.2 Å². The number of fused-ring (bicyclic) bond motifs is 1. The zero-order chi connectivity index (χ0) is 19.5. The van der Waals surface area contributed by atoms with Gasteiger partial charge in [-0.15, -0.1) is 10.2 Å². The Hall–Kier alpha value is -3.61. The molecule has 7 heteroatoms. The molecule has 1 aromatic heterocycles. The first-order chi connectivity index (χ1) is 13.6. The van der Waals surface area contributed by atoms with Crippen LogP contribution >= 0.6 is 0 Å². The largest absolute Gasteiger partial charge is 0.454 e. The minimum absolute atomic E-state index is 0.253. The first-order valence-corrected chi connectivity index (χ1v) is 8.93. The standard InChI is InChI=1S/C21H20N4O3/c1-13-3-4-14(2)17(9-13)23-21(26)16-6-8-20(25-24-16)22-11-15-5-7-18-19(10-15)28-12-27-18/h3-10H,11-12H2,1-2H3,(H,22,25)(H,23,26). The smallest absolute Gasteiger partial charge is 0.276 e. The Bertz CT molecular complexity index is 1020. The normalized spacial score (nSPS) is 11.9. The summed E-state index contributed by atoms with van der Waals surface area (Å²) in [5.74, 6) is 1.79. The molecule has 142 valence electrons. The third-order valence-electron chi connectivity index (χ3n) is 4.45. The molecule has 2 aromatic carbocycles. The summed E-state index contributed by atoms with van der Waals surface area (Å²) in [7, 11) is 0. The number of hydrogen-bond donors (Lipinski definition) is 2. The van der Waals surface area contributed by atoms with E-state index in [-0.39, 0.29) is 18.4 Å². The Morgan fingerprint density at radius 1 is 1.00 bits per heavy atom. The van der Waals surface area contributed by atoms with Crippen molar-refractivity contribution < 1.29 is 14.3 Å². The number of benzene rings is 2. The lowest BCUT2D eigenvalue weighted by Crippen LogP contribution is -2.15. The molecule has 2 heterocycles. The third-order valence-corrected chi connectivity index (χ3v) is 4.45. The first kappa shape index (κ1) is 17.8. The maximum absolute atomic E-state index is 12.4. The van der Waals surface area contributed by atoms with E-state index in [1.54, 1.807) is 12.1 Å². The monoisotopic (exact) mass is 376 g/mol. The van der Waals surface area contributed by atoms with Gasteiger partial charge in [-0.2, -0.15) is 0 Å². The lowest BCUT2D eigenvalue weighted by Gasteiger charge is -2.09. The lowest BCUT2D eigenvalue weighted by atomic mass is 10.1. The van der Waals surface area contributed by atoms with Gasteiger partial charge in [0.2, 0.25) is 6.79 Å². The van der Waals surface area contributed by atoms with Gasteiger partial charge < -0.3 is 20.1 Å². The number of hydrogen-bond acceptors (Lipinski definition) is 6. The molecule has 0 saturated carbocycles. The van der Waals surface area contributed by atoms with Crippen LogP contribution in [0.15, 0.2) is 48.5 Å². The average Bonchev–Trinajstić information content (AvgIpc) is 3.17. The van der Waals surface area contributed by atoms with E-state index in [0.29, 0.717) is 12.4 Å². The van der Waals surface area contributed by atoms with Crippen molar-refractivity contribution >= 4 is 17.4 Å². The van der Waals surface area contributed by atoms with Crippen molar-refractivity contribution in [3.8, 4) is 11.5 Å². The molecule has 7 nitrogen and oxygen atoms in total. The van der Waals surface area contributed by atoms with Crippen LogP contribution < -0.4 is 20.1 Å². The van der Waals surface area contributed by atoms with Crippen LogP contribution in [0.3, 0.4) is 0 Å². The van der Waals surface area contributed by atoms with E-state index in [4.69, 9.17) is 9.47 Å². The summed E-state index contributed by atoms with van der Waals surface area (Å²) in [6.45, 7) is 4.74. The SMILES string of the molecule is Cc1ccc(C)c(NC(=O)c2ccc(NCc3ccc4c(c3)OCO4)nn2)c1. The summed E-state index contributed by atoms with van der Waals surface area (Å²) >= 11 is 0. The van der Waals surface area contributed by atoms with Crippen LogP contribution in [0.5, 0.6) is 11.5 Å². The molecule has 0 unspecified atom stereocenters. The number of amides is 1. The average molecular weight is 376 g/mol. The molecule has 0 bridgehead atoms. The minimum Gasteiger partial charge on any atom is -0.454 e. The second-order valence-corrected chi connectivity index (χ2v) is 6.62. The van der Waals surface area contributed by atoms with Gasteiger partial charge in [-0.05, 0) is 60.9 Å². The molecule has 1 aliphatic heterocycles. The summed E-state index contributed by atoms with van der Waals surface area (Å²) in [6, 6.07) is 15.1. The van der Waals surface area contributed by atoms with E-state index in [2.05, 4.69) is 20.8 Å². The van der Waals surface area contributed by atoms with Crippen molar-refractivity contribution in [1.29, 1.82) is 0 Å². The molecule has 3 aromatic rings. The highest BCUT2D eigenvalue weighted by Crippen LogP contribution is 2.32. The van der Waals surface area contributed by atoms with E-state index >= 15 is 0 Å². The molecular formula is C21H20N4O3. The topological polar surface area (TPSA) is 85.4 Å². The quantitative estimate of drug-likeness (QED) is 0.706. The van der Waals surface area contributed by atoms with Gasteiger partial charge in [0, 0.05) is 12.2 Å². The zero-order valence-electron chi connectivity index (χ0n) is 15.7. The number of nitrogens with one attached hydrogen (secondary N) is 2. The van der Waals surface area contributed by atoms with Gasteiger partial charge in [-0.3, -0.25) is 4.79 Å². The van der Waals surface area contributed by atoms with Crippen molar-refractivity contribution in [2.75, 3.05) is 17.4 Å². The Morgan fingerprint density at radius 3 is 2.68 bits per heavy atom. The molecular weight excluding hydrogens is 356 g/mol. The summed E-state index contributed by atoms with van der Waals surface area (Å²) < 4.78 is 10.7. The molecule has 1 amide bonds. The zero-order valence-corrected chi connectivity index (χ0v) is 15.7. The van der Waals surface area contributed by atoms with Gasteiger partial charge >= 0.3 is 0 Å². The third kappa shape index (κ3) is 3.88. The van der Waals surface area contributed by atoms with Gasteiger partial charge in [0.05, 0.1) is 0 Å². The number of aromatic nitrogens is 2. The van der Waals surface area contributed by atoms with Crippen molar-refractivity contribution in [3.05, 3.63) is 70.9 Å². The number of carbonyl (C=O) groups excluding carboxylic acids is 1. The minimum atomic E-state index is -0.288. The van der Waals surface area contributed by atoms with Crippen LogP contribution in [0.2, 0.25) is 0 Å². The van der Waals surface area contributed by atoms with Crippen molar-refractivity contribution in [2.24, 2.45) is 0 Å². The van der Waals surface area contributed by atoms with Crippen LogP contribution in [-0.4, -0.2) is 22.9 Å². The predicted molar refractivity (Wildman–Crippen MR) is 106 cm³/mol. The maximum Gasteiger partial charge on any atom is 0.276 e. The Labute approximate surface area is 162 Å². The molecule has 0 atom stereocenters. The molecule has 2 N–H and O–H groups in total. The highest BCUT2D eigenvalue weighted by Gasteiger charge is 2.13. The summed E-state index contributed by atoms with van der Waals surface area (Å²) in [5.41, 5.74) is 4.14. The predicted octanol–water partition coefficient (Wildman–Crippen LogP) is 3.69. The fraction of sp³-hybridized carbons (Fsp3) is 0.190. The Balaban J connectivity index is 1.38. The number of nitrogens with zero attached hydrogens (tertiary/aromatic N) is 2. The van der Waals surface area contributed by atoms with Crippen LogP contribution in [0.4, 0.5) is 11.5 Å². The van der Waals surface area contributed by atoms with Crippen molar-refractivity contribution in [1.82, 2.24) is 10.2 Å². The summed E-state index contributed by atoms with van der Waals surface area (Å²) in [5, 5.41) is 14.2. The van der Waals surface area contributed by atoms with Crippen LogP contribution in [0.25, 0.3) is 0 Å². The first-order valence-electron chi connectivity index (χ1n) is 8.93. The number of carbonyl (C=O) groups is 1. The Kier molecular flexibility index (Phi) is 4.80. The fourth-order valence-corrected chi connectivity index (χ4v) is 2.85. The number of anilines is 2. The van der Waals surface area contributed by atoms with E-state index < -0.39 is 0 Å². The molecule has 0 fully saturated rings. The molecule has 0 spiro atoms. The number of rotatable bonds is 5. The summed E-state index contributed by atoms with van der Waals surface area (Å²) in [4.78, 5) is 12.4. The number of ether oxygens (including phenoxy) is 2. The van der Waals surface area contributed by atoms with Gasteiger partial charge in [-0.25, -0.2) is 0 Å². The van der Waals surface area contributed by atoms with Crippen LogP contribution in [-0.2, 0) is 6.54 Å².